The van der Waals surface area contributed by atoms with Crippen LogP contribution in [0, 0.1) is 0 Å². The maximum absolute atomic E-state index is 11.9. The van der Waals surface area contributed by atoms with Crippen LogP contribution in [-0.4, -0.2) is 25.7 Å². The first-order valence-corrected chi connectivity index (χ1v) is 7.69. The largest absolute Gasteiger partial charge is 0.385 e. The summed E-state index contributed by atoms with van der Waals surface area (Å²) in [6.45, 7) is 0.562. The molecule has 0 saturated carbocycles. The number of carbonyl (C=O) groups excluding carboxylic acids is 2. The van der Waals surface area contributed by atoms with E-state index in [1.807, 2.05) is 30.3 Å². The Morgan fingerprint density at radius 3 is 1.96 bits per heavy atom. The van der Waals surface area contributed by atoms with Gasteiger partial charge in [0.2, 0.25) is 5.91 Å². The van der Waals surface area contributed by atoms with Gasteiger partial charge in [0.25, 0.3) is 0 Å². The van der Waals surface area contributed by atoms with E-state index in [2.05, 4.69) is 16.0 Å². The molecular formula is C18H21N3O3. The van der Waals surface area contributed by atoms with E-state index in [9.17, 15) is 9.59 Å². The van der Waals surface area contributed by atoms with Crippen LogP contribution in [0.25, 0.3) is 0 Å². The van der Waals surface area contributed by atoms with Crippen LogP contribution in [0.3, 0.4) is 0 Å². The molecule has 2 rings (SSSR count). The summed E-state index contributed by atoms with van der Waals surface area (Å²) in [7, 11) is 1.61. The predicted molar refractivity (Wildman–Crippen MR) is 95.3 cm³/mol. The van der Waals surface area contributed by atoms with Gasteiger partial charge in [0.15, 0.2) is 0 Å². The van der Waals surface area contributed by atoms with Crippen molar-refractivity contribution in [2.24, 2.45) is 0 Å². The fourth-order valence-electron chi connectivity index (χ4n) is 2.05. The van der Waals surface area contributed by atoms with Crippen molar-refractivity contribution in [1.82, 2.24) is 0 Å². The number of hydrogen-bond donors (Lipinski definition) is 3. The highest BCUT2D eigenvalue weighted by Gasteiger charge is 2.04. The Morgan fingerprint density at radius 2 is 1.38 bits per heavy atom. The van der Waals surface area contributed by atoms with Gasteiger partial charge in [-0.25, -0.2) is 4.79 Å². The van der Waals surface area contributed by atoms with Crippen LogP contribution in [0.15, 0.2) is 54.6 Å². The molecule has 6 heteroatoms. The number of urea groups is 1. The highest BCUT2D eigenvalue weighted by molar-refractivity contribution is 6.00. The Bertz CT molecular complexity index is 657. The summed E-state index contributed by atoms with van der Waals surface area (Å²) >= 11 is 0. The lowest BCUT2D eigenvalue weighted by molar-refractivity contribution is -0.116. The Hall–Kier alpha value is -2.86. The van der Waals surface area contributed by atoms with Crippen molar-refractivity contribution in [3.05, 3.63) is 54.6 Å². The number of ether oxygens (including phenoxy) is 1. The van der Waals surface area contributed by atoms with Crippen LogP contribution in [0.4, 0.5) is 21.9 Å². The van der Waals surface area contributed by atoms with Crippen LogP contribution >= 0.6 is 0 Å². The highest BCUT2D eigenvalue weighted by Crippen LogP contribution is 2.14. The Labute approximate surface area is 141 Å². The third-order valence-corrected chi connectivity index (χ3v) is 3.21. The molecule has 2 aromatic carbocycles. The van der Waals surface area contributed by atoms with Crippen molar-refractivity contribution in [3.8, 4) is 0 Å². The average Bonchev–Trinajstić information content (AvgIpc) is 2.58. The Balaban J connectivity index is 1.81. The molecule has 3 amide bonds. The summed E-state index contributed by atoms with van der Waals surface area (Å²) in [5.74, 6) is -0.0606. The quantitative estimate of drug-likeness (QED) is 0.678. The van der Waals surface area contributed by atoms with Gasteiger partial charge < -0.3 is 20.7 Å². The van der Waals surface area contributed by atoms with Crippen molar-refractivity contribution >= 4 is 29.0 Å². The molecule has 3 N–H and O–H groups in total. The molecule has 0 atom stereocenters. The molecule has 6 nitrogen and oxygen atoms in total. The van der Waals surface area contributed by atoms with E-state index >= 15 is 0 Å². The number of carbonyl (C=O) groups is 2. The summed E-state index contributed by atoms with van der Waals surface area (Å²) in [5.41, 5.74) is 2.04. The van der Waals surface area contributed by atoms with Gasteiger partial charge in [-0.2, -0.15) is 0 Å². The van der Waals surface area contributed by atoms with Crippen LogP contribution < -0.4 is 16.0 Å². The standard InChI is InChI=1S/C18H21N3O3/c1-24-13-5-8-17(22)19-15-9-11-16(12-10-15)21-18(23)20-14-6-3-2-4-7-14/h2-4,6-7,9-12H,5,8,13H2,1H3,(H,19,22)(H2,20,21,23). The molecule has 126 valence electrons. The number of nitrogens with one attached hydrogen (secondary N) is 3. The maximum atomic E-state index is 11.9. The summed E-state index contributed by atoms with van der Waals surface area (Å²) in [6, 6.07) is 15.8. The first-order chi connectivity index (χ1) is 11.7. The Morgan fingerprint density at radius 1 is 0.833 bits per heavy atom. The zero-order chi connectivity index (χ0) is 17.2. The number of para-hydroxylation sites is 1. The van der Waals surface area contributed by atoms with Gasteiger partial charge in [0, 0.05) is 37.2 Å². The van der Waals surface area contributed by atoms with E-state index in [1.165, 1.54) is 0 Å². The van der Waals surface area contributed by atoms with Crippen LogP contribution in [0.1, 0.15) is 12.8 Å². The second kappa shape index (κ2) is 9.32. The zero-order valence-corrected chi connectivity index (χ0v) is 13.5. The second-order valence-corrected chi connectivity index (χ2v) is 5.17. The second-order valence-electron chi connectivity index (χ2n) is 5.17. The Kier molecular flexibility index (Phi) is 6.79. The minimum atomic E-state index is -0.322. The van der Waals surface area contributed by atoms with Gasteiger partial charge in [-0.3, -0.25) is 4.79 Å². The molecule has 0 aliphatic heterocycles. The van der Waals surface area contributed by atoms with Gasteiger partial charge in [0.05, 0.1) is 0 Å². The molecule has 0 unspecified atom stereocenters. The molecule has 0 heterocycles. The van der Waals surface area contributed by atoms with E-state index in [4.69, 9.17) is 4.74 Å². The number of hydrogen-bond acceptors (Lipinski definition) is 3. The third kappa shape index (κ3) is 6.10. The van der Waals surface area contributed by atoms with E-state index in [0.29, 0.717) is 30.8 Å². The summed E-state index contributed by atoms with van der Waals surface area (Å²) in [4.78, 5) is 23.6. The zero-order valence-electron chi connectivity index (χ0n) is 13.5. The summed E-state index contributed by atoms with van der Waals surface area (Å²) in [6.07, 6.45) is 1.09. The van der Waals surface area contributed by atoms with Crippen molar-refractivity contribution in [2.75, 3.05) is 29.7 Å². The number of anilines is 3. The fraction of sp³-hybridized carbons (Fsp3) is 0.222. The number of methoxy groups -OCH3 is 1. The molecule has 0 bridgehead atoms. The van der Waals surface area contributed by atoms with E-state index in [0.717, 1.165) is 5.69 Å². The van der Waals surface area contributed by atoms with E-state index in [1.54, 1.807) is 31.4 Å². The lowest BCUT2D eigenvalue weighted by Gasteiger charge is -2.09. The number of rotatable bonds is 7. The van der Waals surface area contributed by atoms with Crippen LogP contribution in [0.2, 0.25) is 0 Å². The monoisotopic (exact) mass is 327 g/mol. The molecule has 24 heavy (non-hydrogen) atoms. The van der Waals surface area contributed by atoms with Gasteiger partial charge >= 0.3 is 6.03 Å². The van der Waals surface area contributed by atoms with Gasteiger partial charge in [-0.1, -0.05) is 18.2 Å². The maximum Gasteiger partial charge on any atom is 0.323 e. The topological polar surface area (TPSA) is 79.5 Å². The number of benzene rings is 2. The predicted octanol–water partition coefficient (Wildman–Crippen LogP) is 3.70. The van der Waals surface area contributed by atoms with Crippen LogP contribution in [-0.2, 0) is 9.53 Å². The first-order valence-electron chi connectivity index (χ1n) is 7.69. The molecule has 0 spiro atoms. The molecular weight excluding hydrogens is 306 g/mol. The summed E-state index contributed by atoms with van der Waals surface area (Å²) in [5, 5.41) is 8.27. The van der Waals surface area contributed by atoms with Crippen LogP contribution in [0.5, 0.6) is 0 Å². The van der Waals surface area contributed by atoms with E-state index in [-0.39, 0.29) is 11.9 Å². The molecule has 0 aliphatic rings. The van der Waals surface area contributed by atoms with Gasteiger partial charge in [-0.15, -0.1) is 0 Å². The first kappa shape index (κ1) is 17.5. The lowest BCUT2D eigenvalue weighted by atomic mass is 10.2. The van der Waals surface area contributed by atoms with Crippen molar-refractivity contribution < 1.29 is 14.3 Å². The number of amides is 3. The van der Waals surface area contributed by atoms with Crippen molar-refractivity contribution in [3.63, 3.8) is 0 Å². The lowest BCUT2D eigenvalue weighted by Crippen LogP contribution is -2.19. The van der Waals surface area contributed by atoms with Crippen molar-refractivity contribution in [1.29, 1.82) is 0 Å². The molecule has 0 aliphatic carbocycles. The smallest absolute Gasteiger partial charge is 0.323 e. The SMILES string of the molecule is COCCCC(=O)Nc1ccc(NC(=O)Nc2ccccc2)cc1. The normalized spacial score (nSPS) is 10.0. The minimum Gasteiger partial charge on any atom is -0.385 e. The van der Waals surface area contributed by atoms with E-state index < -0.39 is 0 Å². The molecule has 0 radical (unpaired) electrons. The van der Waals surface area contributed by atoms with Gasteiger partial charge in [-0.05, 0) is 42.8 Å². The highest BCUT2D eigenvalue weighted by atomic mass is 16.5. The molecule has 0 fully saturated rings. The fourth-order valence-corrected chi connectivity index (χ4v) is 2.05. The molecule has 0 aromatic heterocycles. The van der Waals surface area contributed by atoms with Gasteiger partial charge in [0.1, 0.15) is 0 Å². The minimum absolute atomic E-state index is 0.0606. The molecule has 2 aromatic rings. The molecule has 0 saturated heterocycles. The third-order valence-electron chi connectivity index (χ3n) is 3.21. The van der Waals surface area contributed by atoms with Crippen molar-refractivity contribution in [2.45, 2.75) is 12.8 Å². The average molecular weight is 327 g/mol. The summed E-state index contributed by atoms with van der Waals surface area (Å²) < 4.78 is 4.91.